The molecule has 0 aliphatic heterocycles. The van der Waals surface area contributed by atoms with Crippen LogP contribution in [0.15, 0.2) is 47.8 Å². The quantitative estimate of drug-likeness (QED) is 0.620. The molecule has 1 aromatic carbocycles. The zero-order valence-electron chi connectivity index (χ0n) is 10.7. The van der Waals surface area contributed by atoms with Gasteiger partial charge in [-0.3, -0.25) is 9.59 Å². The molecule has 98 valence electrons. The largest absolute Gasteiger partial charge is 0.332 e. The molecule has 1 heterocycles. The highest BCUT2D eigenvalue weighted by molar-refractivity contribution is 7.12. The first kappa shape index (κ1) is 13.5. The lowest BCUT2D eigenvalue weighted by Crippen LogP contribution is -2.35. The Labute approximate surface area is 116 Å². The molecule has 1 amide bonds. The van der Waals surface area contributed by atoms with Crippen LogP contribution in [0.4, 0.5) is 0 Å². The van der Waals surface area contributed by atoms with E-state index in [0.29, 0.717) is 18.0 Å². The molecule has 0 spiro atoms. The van der Waals surface area contributed by atoms with Gasteiger partial charge < -0.3 is 4.90 Å². The number of rotatable bonds is 5. The highest BCUT2D eigenvalue weighted by Gasteiger charge is 2.22. The summed E-state index contributed by atoms with van der Waals surface area (Å²) in [5.74, 6) is -0.860. The molecular formula is C15H15NO2S. The molecular weight excluding hydrogens is 258 g/mol. The van der Waals surface area contributed by atoms with Crippen LogP contribution in [0.5, 0.6) is 0 Å². The summed E-state index contributed by atoms with van der Waals surface area (Å²) in [5.41, 5.74) is 1.02. The van der Waals surface area contributed by atoms with Crippen LogP contribution >= 0.6 is 11.3 Å². The van der Waals surface area contributed by atoms with E-state index in [1.807, 2.05) is 37.3 Å². The number of hydrogen-bond donors (Lipinski definition) is 0. The molecule has 0 fully saturated rings. The monoisotopic (exact) mass is 273 g/mol. The molecule has 2 aromatic rings. The minimum absolute atomic E-state index is 0.423. The molecule has 0 radical (unpaired) electrons. The summed E-state index contributed by atoms with van der Waals surface area (Å²) in [5, 5.41) is 1.80. The Balaban J connectivity index is 2.09. The molecule has 1 aromatic heterocycles. The Kier molecular flexibility index (Phi) is 4.47. The maximum absolute atomic E-state index is 12.2. The van der Waals surface area contributed by atoms with Gasteiger partial charge in [0.15, 0.2) is 0 Å². The predicted molar refractivity (Wildman–Crippen MR) is 76.2 cm³/mol. The fraction of sp³-hybridized carbons (Fsp3) is 0.200. The van der Waals surface area contributed by atoms with Crippen LogP contribution in [0.2, 0.25) is 0 Å². The second kappa shape index (κ2) is 6.29. The van der Waals surface area contributed by atoms with Crippen molar-refractivity contribution in [2.75, 3.05) is 6.54 Å². The smallest absolute Gasteiger partial charge is 0.296 e. The molecule has 0 bridgehead atoms. The summed E-state index contributed by atoms with van der Waals surface area (Å²) in [4.78, 5) is 26.2. The summed E-state index contributed by atoms with van der Waals surface area (Å²) < 4.78 is 0. The van der Waals surface area contributed by atoms with E-state index >= 15 is 0 Å². The van der Waals surface area contributed by atoms with Crippen molar-refractivity contribution < 1.29 is 9.59 Å². The van der Waals surface area contributed by atoms with E-state index in [9.17, 15) is 9.59 Å². The minimum atomic E-state index is -0.436. The fourth-order valence-corrected chi connectivity index (χ4v) is 2.44. The van der Waals surface area contributed by atoms with Crippen LogP contribution < -0.4 is 0 Å². The van der Waals surface area contributed by atoms with Gasteiger partial charge in [0, 0.05) is 13.1 Å². The zero-order valence-corrected chi connectivity index (χ0v) is 11.5. The molecule has 0 saturated carbocycles. The summed E-state index contributed by atoms with van der Waals surface area (Å²) >= 11 is 1.30. The summed E-state index contributed by atoms with van der Waals surface area (Å²) in [6.45, 7) is 2.86. The topological polar surface area (TPSA) is 37.4 Å². The standard InChI is InChI=1S/C15H15NO2S/c1-2-16(11-12-7-4-3-5-8-12)15(18)14(17)13-9-6-10-19-13/h3-10H,2,11H2,1H3. The number of carbonyl (C=O) groups is 2. The van der Waals surface area contributed by atoms with Gasteiger partial charge in [-0.05, 0) is 23.9 Å². The molecule has 0 aliphatic rings. The van der Waals surface area contributed by atoms with Crippen LogP contribution in [-0.4, -0.2) is 23.1 Å². The summed E-state index contributed by atoms with van der Waals surface area (Å²) in [6, 6.07) is 13.1. The number of amides is 1. The van der Waals surface area contributed by atoms with Gasteiger partial charge in [-0.25, -0.2) is 0 Å². The SMILES string of the molecule is CCN(Cc1ccccc1)C(=O)C(=O)c1cccs1. The molecule has 2 rings (SSSR count). The van der Waals surface area contributed by atoms with E-state index in [4.69, 9.17) is 0 Å². The Hall–Kier alpha value is -1.94. The third-order valence-corrected chi connectivity index (χ3v) is 3.69. The predicted octanol–water partition coefficient (Wildman–Crippen LogP) is 2.98. The normalized spacial score (nSPS) is 10.2. The van der Waals surface area contributed by atoms with Crippen LogP contribution in [0.25, 0.3) is 0 Å². The highest BCUT2D eigenvalue weighted by atomic mass is 32.1. The lowest BCUT2D eigenvalue weighted by Gasteiger charge is -2.19. The van der Waals surface area contributed by atoms with Gasteiger partial charge in [0.25, 0.3) is 11.7 Å². The molecule has 4 heteroatoms. The molecule has 19 heavy (non-hydrogen) atoms. The number of nitrogens with zero attached hydrogens (tertiary/aromatic N) is 1. The van der Waals surface area contributed by atoms with Gasteiger partial charge in [-0.2, -0.15) is 0 Å². The minimum Gasteiger partial charge on any atom is -0.332 e. The summed E-state index contributed by atoms with van der Waals surface area (Å²) in [7, 11) is 0. The maximum Gasteiger partial charge on any atom is 0.296 e. The average Bonchev–Trinajstić information content (AvgIpc) is 2.98. The molecule has 3 nitrogen and oxygen atoms in total. The third kappa shape index (κ3) is 3.29. The fourth-order valence-electron chi connectivity index (χ4n) is 1.79. The van der Waals surface area contributed by atoms with Crippen molar-refractivity contribution in [2.45, 2.75) is 13.5 Å². The second-order valence-electron chi connectivity index (χ2n) is 4.11. The first-order chi connectivity index (χ1) is 9.22. The molecule has 0 saturated heterocycles. The van der Waals surface area contributed by atoms with Gasteiger partial charge in [0.05, 0.1) is 4.88 Å². The van der Waals surface area contributed by atoms with E-state index < -0.39 is 11.7 Å². The van der Waals surface area contributed by atoms with E-state index in [2.05, 4.69) is 0 Å². The van der Waals surface area contributed by atoms with E-state index in [-0.39, 0.29) is 0 Å². The number of carbonyl (C=O) groups excluding carboxylic acids is 2. The number of likely N-dealkylation sites (N-methyl/N-ethyl adjacent to an activating group) is 1. The Morgan fingerprint density at radius 3 is 2.42 bits per heavy atom. The van der Waals surface area contributed by atoms with Crippen LogP contribution in [-0.2, 0) is 11.3 Å². The number of hydrogen-bond acceptors (Lipinski definition) is 3. The van der Waals surface area contributed by atoms with E-state index in [1.54, 1.807) is 22.4 Å². The Morgan fingerprint density at radius 1 is 1.11 bits per heavy atom. The number of thiophene rings is 1. The molecule has 0 N–H and O–H groups in total. The van der Waals surface area contributed by atoms with Gasteiger partial charge in [-0.15, -0.1) is 11.3 Å². The van der Waals surface area contributed by atoms with Crippen molar-refractivity contribution in [3.05, 3.63) is 58.3 Å². The first-order valence-electron chi connectivity index (χ1n) is 6.13. The maximum atomic E-state index is 12.2. The van der Waals surface area contributed by atoms with Gasteiger partial charge in [0.2, 0.25) is 0 Å². The van der Waals surface area contributed by atoms with Gasteiger partial charge in [-0.1, -0.05) is 36.4 Å². The first-order valence-corrected chi connectivity index (χ1v) is 7.01. The van der Waals surface area contributed by atoms with E-state index in [0.717, 1.165) is 5.56 Å². The lowest BCUT2D eigenvalue weighted by atomic mass is 10.2. The van der Waals surface area contributed by atoms with Crippen molar-refractivity contribution in [1.82, 2.24) is 4.90 Å². The van der Waals surface area contributed by atoms with Gasteiger partial charge >= 0.3 is 0 Å². The number of ketones is 1. The Bertz CT molecular complexity index is 549. The number of benzene rings is 1. The zero-order chi connectivity index (χ0) is 13.7. The van der Waals surface area contributed by atoms with Crippen molar-refractivity contribution in [2.24, 2.45) is 0 Å². The van der Waals surface area contributed by atoms with Crippen molar-refractivity contribution in [3.63, 3.8) is 0 Å². The Morgan fingerprint density at radius 2 is 1.84 bits per heavy atom. The lowest BCUT2D eigenvalue weighted by molar-refractivity contribution is -0.126. The number of Topliss-reactive ketones (excluding diaryl/α,β-unsaturated/α-hetero) is 1. The van der Waals surface area contributed by atoms with E-state index in [1.165, 1.54) is 11.3 Å². The van der Waals surface area contributed by atoms with Crippen molar-refractivity contribution >= 4 is 23.0 Å². The van der Waals surface area contributed by atoms with Crippen molar-refractivity contribution in [1.29, 1.82) is 0 Å². The van der Waals surface area contributed by atoms with Crippen molar-refractivity contribution in [3.8, 4) is 0 Å². The average molecular weight is 273 g/mol. The second-order valence-corrected chi connectivity index (χ2v) is 5.06. The summed E-state index contributed by atoms with van der Waals surface area (Å²) in [6.07, 6.45) is 0. The van der Waals surface area contributed by atoms with Crippen LogP contribution in [0.3, 0.4) is 0 Å². The molecule has 0 atom stereocenters. The third-order valence-electron chi connectivity index (χ3n) is 2.82. The van der Waals surface area contributed by atoms with Crippen LogP contribution in [0.1, 0.15) is 22.2 Å². The van der Waals surface area contributed by atoms with Crippen LogP contribution in [0, 0.1) is 0 Å². The highest BCUT2D eigenvalue weighted by Crippen LogP contribution is 2.12. The molecule has 0 aliphatic carbocycles. The molecule has 0 unspecified atom stereocenters. The van der Waals surface area contributed by atoms with Gasteiger partial charge in [0.1, 0.15) is 0 Å².